The number of aromatic nitrogens is 3. The molecule has 0 saturated heterocycles. The Morgan fingerprint density at radius 3 is 2.11 bits per heavy atom. The lowest BCUT2D eigenvalue weighted by atomic mass is 10.2. The second-order valence-electron chi connectivity index (χ2n) is 7.63. The molecule has 0 aliphatic heterocycles. The van der Waals surface area contributed by atoms with E-state index in [1.54, 1.807) is 41.7 Å². The lowest BCUT2D eigenvalue weighted by Gasteiger charge is -2.15. The van der Waals surface area contributed by atoms with E-state index in [4.69, 9.17) is 23.7 Å². The summed E-state index contributed by atoms with van der Waals surface area (Å²) in [4.78, 5) is 9.19. The maximum Gasteiger partial charge on any atom is 0.203 e. The molecule has 35 heavy (non-hydrogen) atoms. The Labute approximate surface area is 203 Å². The summed E-state index contributed by atoms with van der Waals surface area (Å²) in [5.41, 5.74) is 3.49. The number of nitrogens with one attached hydrogen (secondary N) is 2. The van der Waals surface area contributed by atoms with E-state index in [9.17, 15) is 0 Å². The summed E-state index contributed by atoms with van der Waals surface area (Å²) in [6.07, 6.45) is 1.73. The van der Waals surface area contributed by atoms with Crippen molar-refractivity contribution in [1.29, 1.82) is 0 Å². The zero-order valence-corrected chi connectivity index (χ0v) is 20.6. The quantitative estimate of drug-likeness (QED) is 0.343. The number of methoxy groups -OCH3 is 5. The van der Waals surface area contributed by atoms with Crippen molar-refractivity contribution < 1.29 is 23.7 Å². The molecular weight excluding hydrogens is 450 g/mol. The van der Waals surface area contributed by atoms with Crippen molar-refractivity contribution >= 4 is 28.5 Å². The van der Waals surface area contributed by atoms with Crippen LogP contribution >= 0.6 is 0 Å². The SMILES string of the molecule is COc1ccc(CNc2nc3cnc(Nc4cc(OC)c(OC)c(OC)c4)cc3n2C)cc1OC. The summed E-state index contributed by atoms with van der Waals surface area (Å²) in [5.74, 6) is 4.39. The molecule has 4 rings (SSSR count). The number of imidazole rings is 1. The maximum absolute atomic E-state index is 5.44. The maximum atomic E-state index is 5.44. The normalized spacial score (nSPS) is 10.7. The van der Waals surface area contributed by atoms with Gasteiger partial charge in [0.25, 0.3) is 0 Å². The molecule has 2 N–H and O–H groups in total. The van der Waals surface area contributed by atoms with Gasteiger partial charge in [0.1, 0.15) is 11.3 Å². The molecule has 0 fully saturated rings. The van der Waals surface area contributed by atoms with Crippen molar-refractivity contribution in [1.82, 2.24) is 14.5 Å². The molecule has 0 unspecified atom stereocenters. The number of nitrogens with zero attached hydrogens (tertiary/aromatic N) is 3. The Morgan fingerprint density at radius 1 is 0.800 bits per heavy atom. The summed E-state index contributed by atoms with van der Waals surface area (Å²) in [7, 11) is 9.93. The third-order valence-electron chi connectivity index (χ3n) is 5.60. The molecule has 0 spiro atoms. The summed E-state index contributed by atoms with van der Waals surface area (Å²) in [6.45, 7) is 0.571. The van der Waals surface area contributed by atoms with Crippen molar-refractivity contribution in [2.45, 2.75) is 6.54 Å². The van der Waals surface area contributed by atoms with Gasteiger partial charge in [0.15, 0.2) is 23.0 Å². The van der Waals surface area contributed by atoms with E-state index in [1.807, 2.05) is 48.0 Å². The van der Waals surface area contributed by atoms with Crippen LogP contribution in [0, 0.1) is 0 Å². The predicted molar refractivity (Wildman–Crippen MR) is 135 cm³/mol. The van der Waals surface area contributed by atoms with Crippen LogP contribution in [0.4, 0.5) is 17.5 Å². The number of pyridine rings is 1. The van der Waals surface area contributed by atoms with Crippen LogP contribution in [-0.4, -0.2) is 50.1 Å². The molecule has 2 heterocycles. The second-order valence-corrected chi connectivity index (χ2v) is 7.63. The number of hydrogen-bond donors (Lipinski definition) is 2. The van der Waals surface area contributed by atoms with Crippen molar-refractivity contribution in [3.63, 3.8) is 0 Å². The van der Waals surface area contributed by atoms with Crippen molar-refractivity contribution in [2.24, 2.45) is 7.05 Å². The van der Waals surface area contributed by atoms with Crippen molar-refractivity contribution in [3.05, 3.63) is 48.2 Å². The molecular formula is C25H29N5O5. The smallest absolute Gasteiger partial charge is 0.203 e. The van der Waals surface area contributed by atoms with E-state index in [-0.39, 0.29) is 0 Å². The third-order valence-corrected chi connectivity index (χ3v) is 5.60. The number of benzene rings is 2. The number of anilines is 3. The first-order valence-electron chi connectivity index (χ1n) is 10.9. The highest BCUT2D eigenvalue weighted by atomic mass is 16.5. The zero-order chi connectivity index (χ0) is 24.9. The molecule has 0 saturated carbocycles. The lowest BCUT2D eigenvalue weighted by molar-refractivity contribution is 0.324. The second kappa shape index (κ2) is 10.3. The fourth-order valence-electron chi connectivity index (χ4n) is 3.79. The molecule has 2 aromatic heterocycles. The van der Waals surface area contributed by atoms with Gasteiger partial charge in [-0.2, -0.15) is 0 Å². The van der Waals surface area contributed by atoms with Gasteiger partial charge in [0, 0.05) is 37.5 Å². The fraction of sp³-hybridized carbons (Fsp3) is 0.280. The van der Waals surface area contributed by atoms with Crippen LogP contribution in [0.1, 0.15) is 5.56 Å². The van der Waals surface area contributed by atoms with E-state index in [0.29, 0.717) is 41.1 Å². The molecule has 0 amide bonds. The number of ether oxygens (including phenoxy) is 5. The molecule has 0 radical (unpaired) electrons. The van der Waals surface area contributed by atoms with Crippen LogP contribution in [0.5, 0.6) is 28.7 Å². The molecule has 0 aliphatic rings. The van der Waals surface area contributed by atoms with Crippen LogP contribution in [0.25, 0.3) is 11.0 Å². The van der Waals surface area contributed by atoms with E-state index in [1.165, 1.54) is 0 Å². The van der Waals surface area contributed by atoms with Crippen LogP contribution in [0.2, 0.25) is 0 Å². The minimum Gasteiger partial charge on any atom is -0.493 e. The molecule has 0 bridgehead atoms. The molecule has 0 atom stereocenters. The first-order chi connectivity index (χ1) is 17.0. The summed E-state index contributed by atoms with van der Waals surface area (Å²) in [6, 6.07) is 11.4. The third kappa shape index (κ3) is 4.81. The monoisotopic (exact) mass is 479 g/mol. The summed E-state index contributed by atoms with van der Waals surface area (Å²) >= 11 is 0. The van der Waals surface area contributed by atoms with Gasteiger partial charge < -0.3 is 38.9 Å². The Balaban J connectivity index is 1.55. The summed E-state index contributed by atoms with van der Waals surface area (Å²) in [5, 5.41) is 6.68. The summed E-state index contributed by atoms with van der Waals surface area (Å²) < 4.78 is 29.0. The number of fused-ring (bicyclic) bond motifs is 1. The highest BCUT2D eigenvalue weighted by Crippen LogP contribution is 2.40. The van der Waals surface area contributed by atoms with Crippen LogP contribution in [0.15, 0.2) is 42.6 Å². The number of aryl methyl sites for hydroxylation is 1. The average Bonchev–Trinajstić information content (AvgIpc) is 3.21. The molecule has 4 aromatic rings. The standard InChI is InChI=1S/C25H29N5O5/c1-30-18-12-23(28-16-10-21(33-4)24(35-6)22(11-16)34-5)26-14-17(18)29-25(30)27-13-15-7-8-19(31-2)20(9-15)32-3/h7-12,14H,13H2,1-6H3,(H,26,28)(H,27,29). The van der Waals surface area contributed by atoms with Crippen LogP contribution < -0.4 is 34.3 Å². The van der Waals surface area contributed by atoms with Crippen LogP contribution in [0.3, 0.4) is 0 Å². The van der Waals surface area contributed by atoms with E-state index in [2.05, 4.69) is 20.6 Å². The Hall–Kier alpha value is -4.34. The Bertz CT molecular complexity index is 1310. The molecule has 184 valence electrons. The van der Waals surface area contributed by atoms with Gasteiger partial charge >= 0.3 is 0 Å². The number of hydrogen-bond acceptors (Lipinski definition) is 9. The average molecular weight is 480 g/mol. The molecule has 10 nitrogen and oxygen atoms in total. The van der Waals surface area contributed by atoms with E-state index >= 15 is 0 Å². The van der Waals surface area contributed by atoms with E-state index in [0.717, 1.165) is 28.2 Å². The highest BCUT2D eigenvalue weighted by Gasteiger charge is 2.15. The largest absolute Gasteiger partial charge is 0.493 e. The van der Waals surface area contributed by atoms with Gasteiger partial charge in [-0.05, 0) is 17.7 Å². The lowest BCUT2D eigenvalue weighted by Crippen LogP contribution is -2.05. The first kappa shape index (κ1) is 23.8. The Kier molecular flexibility index (Phi) is 7.00. The zero-order valence-electron chi connectivity index (χ0n) is 20.6. The molecule has 2 aromatic carbocycles. The van der Waals surface area contributed by atoms with Gasteiger partial charge in [-0.1, -0.05) is 6.07 Å². The van der Waals surface area contributed by atoms with Gasteiger partial charge in [0.2, 0.25) is 11.7 Å². The van der Waals surface area contributed by atoms with Crippen molar-refractivity contribution in [2.75, 3.05) is 46.2 Å². The number of rotatable bonds is 10. The van der Waals surface area contributed by atoms with Gasteiger partial charge in [0.05, 0.1) is 47.3 Å². The molecule has 0 aliphatic carbocycles. The topological polar surface area (TPSA) is 101 Å². The molecule has 10 heteroatoms. The minimum atomic E-state index is 0.529. The predicted octanol–water partition coefficient (Wildman–Crippen LogP) is 4.37. The van der Waals surface area contributed by atoms with Gasteiger partial charge in [-0.3, -0.25) is 0 Å². The fourth-order valence-corrected chi connectivity index (χ4v) is 3.79. The Morgan fingerprint density at radius 2 is 1.49 bits per heavy atom. The van der Waals surface area contributed by atoms with Crippen LogP contribution in [-0.2, 0) is 13.6 Å². The van der Waals surface area contributed by atoms with E-state index < -0.39 is 0 Å². The van der Waals surface area contributed by atoms with Gasteiger partial charge in [-0.25, -0.2) is 9.97 Å². The van der Waals surface area contributed by atoms with Crippen molar-refractivity contribution in [3.8, 4) is 28.7 Å². The van der Waals surface area contributed by atoms with Gasteiger partial charge in [-0.15, -0.1) is 0 Å². The highest BCUT2D eigenvalue weighted by molar-refractivity contribution is 5.81. The first-order valence-corrected chi connectivity index (χ1v) is 10.9. The minimum absolute atomic E-state index is 0.529.